The fourth-order valence-corrected chi connectivity index (χ4v) is 5.30. The first-order valence-corrected chi connectivity index (χ1v) is 11.5. The number of amides is 1. The second-order valence-electron chi connectivity index (χ2n) is 7.35. The van der Waals surface area contributed by atoms with E-state index in [1.54, 1.807) is 39.2 Å². The van der Waals surface area contributed by atoms with E-state index in [1.807, 2.05) is 42.1 Å². The number of piperidine rings is 1. The number of nitrogens with one attached hydrogen (secondary N) is 1. The maximum atomic E-state index is 13.1. The number of aryl methyl sites for hydroxylation is 1. The van der Waals surface area contributed by atoms with E-state index in [0.29, 0.717) is 6.54 Å². The molecule has 1 aliphatic heterocycles. The molecule has 0 unspecified atom stereocenters. The number of thiazole rings is 1. The molecule has 29 heavy (non-hydrogen) atoms. The summed E-state index contributed by atoms with van der Waals surface area (Å²) >= 11 is 3.22. The van der Waals surface area contributed by atoms with Crippen molar-refractivity contribution in [3.8, 4) is 9.88 Å². The van der Waals surface area contributed by atoms with Crippen molar-refractivity contribution in [3.05, 3.63) is 62.3 Å². The summed E-state index contributed by atoms with van der Waals surface area (Å²) in [6.45, 7) is 3.99. The largest absolute Gasteiger partial charge is 0.336 e. The summed E-state index contributed by atoms with van der Waals surface area (Å²) in [6, 6.07) is 6.07. The van der Waals surface area contributed by atoms with E-state index in [4.69, 9.17) is 0 Å². The number of nitrogens with zero attached hydrogens (tertiary/aromatic N) is 3. The van der Waals surface area contributed by atoms with Crippen LogP contribution in [0.1, 0.15) is 40.5 Å². The van der Waals surface area contributed by atoms with Crippen molar-refractivity contribution in [2.45, 2.75) is 32.4 Å². The Hall–Kier alpha value is -2.29. The van der Waals surface area contributed by atoms with E-state index >= 15 is 0 Å². The van der Waals surface area contributed by atoms with Gasteiger partial charge in [0.25, 0.3) is 11.5 Å². The zero-order valence-corrected chi connectivity index (χ0v) is 18.2. The first kappa shape index (κ1) is 20.0. The number of hydrogen-bond acceptors (Lipinski definition) is 6. The molecule has 1 aliphatic rings. The second-order valence-corrected chi connectivity index (χ2v) is 9.16. The molecular formula is C21H24N4O2S2. The molecule has 152 valence electrons. The maximum absolute atomic E-state index is 13.1. The Morgan fingerprint density at radius 3 is 2.83 bits per heavy atom. The molecule has 1 fully saturated rings. The lowest BCUT2D eigenvalue weighted by Crippen LogP contribution is -2.39. The number of pyridine rings is 1. The maximum Gasteiger partial charge on any atom is 0.263 e. The Kier molecular flexibility index (Phi) is 5.94. The van der Waals surface area contributed by atoms with E-state index < -0.39 is 0 Å². The molecule has 4 rings (SSSR count). The van der Waals surface area contributed by atoms with Crippen LogP contribution in [0.4, 0.5) is 0 Å². The van der Waals surface area contributed by atoms with Crippen LogP contribution in [0, 0.1) is 6.92 Å². The van der Waals surface area contributed by atoms with Crippen LogP contribution in [0.3, 0.4) is 0 Å². The van der Waals surface area contributed by atoms with Crippen LogP contribution in [0.15, 0.2) is 40.0 Å². The van der Waals surface area contributed by atoms with Gasteiger partial charge in [0.1, 0.15) is 10.6 Å². The zero-order valence-electron chi connectivity index (χ0n) is 16.6. The summed E-state index contributed by atoms with van der Waals surface area (Å²) in [6.07, 6.45) is 3.63. The van der Waals surface area contributed by atoms with Crippen molar-refractivity contribution in [1.29, 1.82) is 0 Å². The highest BCUT2D eigenvalue weighted by atomic mass is 32.1. The lowest BCUT2D eigenvalue weighted by molar-refractivity contribution is 0.0780. The highest BCUT2D eigenvalue weighted by Crippen LogP contribution is 2.28. The minimum absolute atomic E-state index is 0.146. The van der Waals surface area contributed by atoms with Gasteiger partial charge >= 0.3 is 0 Å². The molecule has 3 aromatic rings. The third-order valence-corrected chi connectivity index (χ3v) is 7.20. The smallest absolute Gasteiger partial charge is 0.263 e. The first-order chi connectivity index (χ1) is 14.0. The number of hydrogen-bond donors (Lipinski definition) is 1. The topological polar surface area (TPSA) is 67.2 Å². The number of rotatable bonds is 5. The summed E-state index contributed by atoms with van der Waals surface area (Å²) in [5, 5.41) is 8.27. The zero-order chi connectivity index (χ0) is 20.4. The molecule has 6 nitrogen and oxygen atoms in total. The molecule has 0 bridgehead atoms. The van der Waals surface area contributed by atoms with Gasteiger partial charge in [-0.15, -0.1) is 22.7 Å². The van der Waals surface area contributed by atoms with Gasteiger partial charge < -0.3 is 14.8 Å². The summed E-state index contributed by atoms with van der Waals surface area (Å²) in [7, 11) is 1.73. The molecule has 0 aromatic carbocycles. The molecule has 0 atom stereocenters. The van der Waals surface area contributed by atoms with Gasteiger partial charge in [-0.2, -0.15) is 0 Å². The van der Waals surface area contributed by atoms with Gasteiger partial charge in [0, 0.05) is 24.7 Å². The normalized spacial score (nSPS) is 14.8. The molecule has 1 N–H and O–H groups in total. The third-order valence-electron chi connectivity index (χ3n) is 5.27. The van der Waals surface area contributed by atoms with E-state index in [0.717, 1.165) is 47.1 Å². The fraction of sp³-hybridized carbons (Fsp3) is 0.381. The van der Waals surface area contributed by atoms with Crippen molar-refractivity contribution in [2.24, 2.45) is 0 Å². The molecule has 8 heteroatoms. The minimum atomic E-state index is -0.249. The van der Waals surface area contributed by atoms with Gasteiger partial charge in [-0.1, -0.05) is 6.07 Å². The fourth-order valence-electron chi connectivity index (χ4n) is 3.67. The molecule has 0 spiro atoms. The second kappa shape index (κ2) is 8.61. The summed E-state index contributed by atoms with van der Waals surface area (Å²) in [5.41, 5.74) is 1.63. The predicted molar refractivity (Wildman–Crippen MR) is 118 cm³/mol. The summed E-state index contributed by atoms with van der Waals surface area (Å²) in [4.78, 5) is 33.6. The van der Waals surface area contributed by atoms with Gasteiger partial charge in [-0.3, -0.25) is 9.59 Å². The molecule has 0 saturated carbocycles. The van der Waals surface area contributed by atoms with Crippen LogP contribution >= 0.6 is 22.7 Å². The number of carbonyl (C=O) groups is 1. The minimum Gasteiger partial charge on any atom is -0.336 e. The van der Waals surface area contributed by atoms with Crippen LogP contribution in [0.25, 0.3) is 9.88 Å². The average Bonchev–Trinajstić information content (AvgIpc) is 3.40. The quantitative estimate of drug-likeness (QED) is 0.675. The van der Waals surface area contributed by atoms with Gasteiger partial charge in [-0.25, -0.2) is 4.98 Å². The standard InChI is InChI=1S/C21H24N4O2S2/c1-14-7-10-25(16-5-8-22-9-6-16)21(27)18(14)20(26)24(2)12-15-13-29-19(23-15)17-4-3-11-28-17/h3-4,7,10-11,13,16,22H,5-6,8-9,12H2,1-2H3. The van der Waals surface area contributed by atoms with Gasteiger partial charge in [-0.05, 0) is 55.9 Å². The predicted octanol–water partition coefficient (Wildman–Crippen LogP) is 3.54. The number of aromatic nitrogens is 2. The number of thiophene rings is 1. The molecule has 1 amide bonds. The Morgan fingerprint density at radius 1 is 1.31 bits per heavy atom. The Balaban J connectivity index is 1.55. The van der Waals surface area contributed by atoms with Gasteiger partial charge in [0.2, 0.25) is 0 Å². The van der Waals surface area contributed by atoms with Crippen molar-refractivity contribution < 1.29 is 4.79 Å². The Morgan fingerprint density at radius 2 is 2.10 bits per heavy atom. The molecular weight excluding hydrogens is 404 g/mol. The van der Waals surface area contributed by atoms with E-state index in [2.05, 4.69) is 10.3 Å². The van der Waals surface area contributed by atoms with Gasteiger partial charge in [0.05, 0.1) is 17.1 Å². The molecule has 0 radical (unpaired) electrons. The van der Waals surface area contributed by atoms with Crippen molar-refractivity contribution >= 4 is 28.6 Å². The van der Waals surface area contributed by atoms with Crippen LogP contribution in [-0.4, -0.2) is 40.5 Å². The van der Waals surface area contributed by atoms with Crippen molar-refractivity contribution in [1.82, 2.24) is 19.8 Å². The number of carbonyl (C=O) groups excluding carboxylic acids is 1. The first-order valence-electron chi connectivity index (χ1n) is 9.71. The van der Waals surface area contributed by atoms with E-state index in [1.165, 1.54) is 0 Å². The van der Waals surface area contributed by atoms with Crippen molar-refractivity contribution in [3.63, 3.8) is 0 Å². The Labute approximate surface area is 177 Å². The highest BCUT2D eigenvalue weighted by Gasteiger charge is 2.23. The lowest BCUT2D eigenvalue weighted by Gasteiger charge is -2.26. The van der Waals surface area contributed by atoms with Crippen LogP contribution < -0.4 is 10.9 Å². The van der Waals surface area contributed by atoms with Crippen LogP contribution in [0.2, 0.25) is 0 Å². The summed E-state index contributed by atoms with van der Waals surface area (Å²) in [5.74, 6) is -0.249. The molecule has 1 saturated heterocycles. The van der Waals surface area contributed by atoms with E-state index in [-0.39, 0.29) is 23.1 Å². The monoisotopic (exact) mass is 428 g/mol. The van der Waals surface area contributed by atoms with Crippen molar-refractivity contribution in [2.75, 3.05) is 20.1 Å². The SMILES string of the molecule is Cc1ccn(C2CCNCC2)c(=O)c1C(=O)N(C)Cc1csc(-c2cccs2)n1. The summed E-state index contributed by atoms with van der Waals surface area (Å²) < 4.78 is 1.74. The molecule has 3 aromatic heterocycles. The average molecular weight is 429 g/mol. The highest BCUT2D eigenvalue weighted by molar-refractivity contribution is 7.20. The van der Waals surface area contributed by atoms with E-state index in [9.17, 15) is 9.59 Å². The van der Waals surface area contributed by atoms with Crippen LogP contribution in [-0.2, 0) is 6.54 Å². The van der Waals surface area contributed by atoms with Gasteiger partial charge in [0.15, 0.2) is 0 Å². The van der Waals surface area contributed by atoms with Crippen LogP contribution in [0.5, 0.6) is 0 Å². The molecule has 0 aliphatic carbocycles. The molecule has 4 heterocycles. The lowest BCUT2D eigenvalue weighted by atomic mass is 10.0. The third kappa shape index (κ3) is 4.19. The Bertz CT molecular complexity index is 1050.